The van der Waals surface area contributed by atoms with Crippen LogP contribution >= 0.6 is 23.2 Å². The molecule has 1 aromatic carbocycles. The van der Waals surface area contributed by atoms with E-state index in [-0.39, 0.29) is 22.9 Å². The molecule has 1 saturated carbocycles. The maximum Gasteiger partial charge on any atom is 0.305 e. The summed E-state index contributed by atoms with van der Waals surface area (Å²) in [5, 5.41) is 12.4. The third-order valence-electron chi connectivity index (χ3n) is 3.63. The van der Waals surface area contributed by atoms with Crippen molar-refractivity contribution in [1.82, 2.24) is 5.32 Å². The lowest BCUT2D eigenvalue weighted by molar-refractivity contribution is -0.138. The van der Waals surface area contributed by atoms with Gasteiger partial charge >= 0.3 is 5.97 Å². The molecule has 0 spiro atoms. The van der Waals surface area contributed by atoms with Gasteiger partial charge in [-0.1, -0.05) is 42.1 Å². The van der Waals surface area contributed by atoms with Gasteiger partial charge in [0.1, 0.15) is 0 Å². The Balaban J connectivity index is 2.20. The van der Waals surface area contributed by atoms with Gasteiger partial charge in [0.25, 0.3) is 5.91 Å². The van der Waals surface area contributed by atoms with Crippen molar-refractivity contribution < 1.29 is 14.7 Å². The highest BCUT2D eigenvalue weighted by Crippen LogP contribution is 2.34. The molecule has 0 aliphatic heterocycles. The van der Waals surface area contributed by atoms with Crippen molar-refractivity contribution in [3.63, 3.8) is 0 Å². The molecule has 1 aromatic rings. The lowest BCUT2D eigenvalue weighted by atomic mass is 9.92. The Hall–Kier alpha value is -1.26. The average Bonchev–Trinajstić information content (AvgIpc) is 2.79. The smallest absolute Gasteiger partial charge is 0.305 e. The van der Waals surface area contributed by atoms with Crippen molar-refractivity contribution in [3.8, 4) is 0 Å². The van der Waals surface area contributed by atoms with E-state index < -0.39 is 11.5 Å². The lowest BCUT2D eigenvalue weighted by Crippen LogP contribution is -2.47. The second-order valence-corrected chi connectivity index (χ2v) is 5.90. The van der Waals surface area contributed by atoms with Crippen molar-refractivity contribution in [2.24, 2.45) is 0 Å². The van der Waals surface area contributed by atoms with Crippen LogP contribution in [0.25, 0.3) is 0 Å². The largest absolute Gasteiger partial charge is 0.481 e. The van der Waals surface area contributed by atoms with Gasteiger partial charge in [0.2, 0.25) is 0 Å². The zero-order valence-corrected chi connectivity index (χ0v) is 12.3. The van der Waals surface area contributed by atoms with Crippen LogP contribution in [0.5, 0.6) is 0 Å². The number of carbonyl (C=O) groups excluding carboxylic acids is 1. The van der Waals surface area contributed by atoms with Crippen LogP contribution in [0.2, 0.25) is 10.0 Å². The van der Waals surface area contributed by atoms with Crippen LogP contribution in [0.3, 0.4) is 0 Å². The Morgan fingerprint density at radius 3 is 2.50 bits per heavy atom. The fraction of sp³-hybridized carbons (Fsp3) is 0.429. The van der Waals surface area contributed by atoms with Crippen LogP contribution < -0.4 is 5.32 Å². The van der Waals surface area contributed by atoms with Crippen molar-refractivity contribution >= 4 is 35.1 Å². The molecule has 1 amide bonds. The van der Waals surface area contributed by atoms with E-state index in [0.29, 0.717) is 17.9 Å². The van der Waals surface area contributed by atoms with Crippen LogP contribution in [0.1, 0.15) is 42.5 Å². The molecule has 1 aliphatic rings. The molecular weight excluding hydrogens is 301 g/mol. The predicted octanol–water partition coefficient (Wildman–Crippen LogP) is 3.51. The van der Waals surface area contributed by atoms with E-state index in [9.17, 15) is 9.59 Å². The molecule has 1 aliphatic carbocycles. The maximum absolute atomic E-state index is 12.3. The average molecular weight is 316 g/mol. The third-order valence-corrected chi connectivity index (χ3v) is 4.44. The number of rotatable bonds is 4. The molecule has 0 radical (unpaired) electrons. The molecule has 2 N–H and O–H groups in total. The van der Waals surface area contributed by atoms with Gasteiger partial charge in [-0.05, 0) is 25.0 Å². The first-order valence-electron chi connectivity index (χ1n) is 6.42. The normalized spacial score (nSPS) is 16.9. The van der Waals surface area contributed by atoms with Crippen LogP contribution in [-0.2, 0) is 4.79 Å². The summed E-state index contributed by atoms with van der Waals surface area (Å²) in [7, 11) is 0. The number of benzene rings is 1. The van der Waals surface area contributed by atoms with E-state index >= 15 is 0 Å². The molecule has 0 aromatic heterocycles. The Morgan fingerprint density at radius 1 is 1.25 bits per heavy atom. The molecule has 20 heavy (non-hydrogen) atoms. The number of hydrogen-bond acceptors (Lipinski definition) is 2. The first-order valence-corrected chi connectivity index (χ1v) is 7.17. The summed E-state index contributed by atoms with van der Waals surface area (Å²) < 4.78 is 0. The van der Waals surface area contributed by atoms with Gasteiger partial charge in [0, 0.05) is 0 Å². The summed E-state index contributed by atoms with van der Waals surface area (Å²) in [6.45, 7) is 0. The highest BCUT2D eigenvalue weighted by Gasteiger charge is 2.37. The molecular formula is C14H15Cl2NO3. The third kappa shape index (κ3) is 3.25. The Labute approximate surface area is 127 Å². The minimum absolute atomic E-state index is 0.0725. The monoisotopic (exact) mass is 315 g/mol. The van der Waals surface area contributed by atoms with Gasteiger partial charge in [-0.3, -0.25) is 9.59 Å². The number of hydrogen-bond donors (Lipinski definition) is 2. The van der Waals surface area contributed by atoms with E-state index in [1.807, 2.05) is 0 Å². The summed E-state index contributed by atoms with van der Waals surface area (Å²) >= 11 is 11.9. The zero-order chi connectivity index (χ0) is 14.8. The fourth-order valence-corrected chi connectivity index (χ4v) is 3.06. The fourth-order valence-electron chi connectivity index (χ4n) is 2.67. The number of aliphatic carboxylic acids is 1. The molecule has 2 rings (SSSR count). The summed E-state index contributed by atoms with van der Waals surface area (Å²) in [5.74, 6) is -1.29. The number of halogens is 2. The van der Waals surface area contributed by atoms with E-state index in [1.54, 1.807) is 18.2 Å². The highest BCUT2D eigenvalue weighted by molar-refractivity contribution is 6.43. The SMILES string of the molecule is O=C(O)CC1(NC(=O)c2cccc(Cl)c2Cl)CCCC1. The van der Waals surface area contributed by atoms with Gasteiger partial charge < -0.3 is 10.4 Å². The minimum Gasteiger partial charge on any atom is -0.481 e. The van der Waals surface area contributed by atoms with E-state index in [4.69, 9.17) is 28.3 Å². The second kappa shape index (κ2) is 6.02. The van der Waals surface area contributed by atoms with E-state index in [0.717, 1.165) is 12.8 Å². The molecule has 0 unspecified atom stereocenters. The van der Waals surface area contributed by atoms with Crippen molar-refractivity contribution in [1.29, 1.82) is 0 Å². The summed E-state index contributed by atoms with van der Waals surface area (Å²) in [6.07, 6.45) is 3.09. The summed E-state index contributed by atoms with van der Waals surface area (Å²) in [4.78, 5) is 23.3. The minimum atomic E-state index is -0.913. The number of nitrogens with one attached hydrogen (secondary N) is 1. The first-order chi connectivity index (χ1) is 9.43. The van der Waals surface area contributed by atoms with Crippen LogP contribution in [-0.4, -0.2) is 22.5 Å². The molecule has 108 valence electrons. The van der Waals surface area contributed by atoms with Crippen LogP contribution in [0.4, 0.5) is 0 Å². The van der Waals surface area contributed by atoms with Crippen molar-refractivity contribution in [2.45, 2.75) is 37.6 Å². The van der Waals surface area contributed by atoms with Crippen LogP contribution in [0, 0.1) is 0 Å². The first kappa shape index (κ1) is 15.1. The van der Waals surface area contributed by atoms with Gasteiger partial charge in [0.15, 0.2) is 0 Å². The molecule has 0 saturated heterocycles. The van der Waals surface area contributed by atoms with Gasteiger partial charge in [-0.2, -0.15) is 0 Å². The highest BCUT2D eigenvalue weighted by atomic mass is 35.5. The maximum atomic E-state index is 12.3. The standard InChI is InChI=1S/C14H15Cl2NO3/c15-10-5-3-4-9(12(10)16)13(20)17-14(8-11(18)19)6-1-2-7-14/h3-5H,1-2,6-8H2,(H,17,20)(H,18,19). The van der Waals surface area contributed by atoms with E-state index in [1.165, 1.54) is 0 Å². The number of carboxylic acid groups (broad SMARTS) is 1. The molecule has 0 heterocycles. The van der Waals surface area contributed by atoms with Crippen molar-refractivity contribution in [2.75, 3.05) is 0 Å². The molecule has 0 bridgehead atoms. The predicted molar refractivity (Wildman–Crippen MR) is 77.4 cm³/mol. The number of carboxylic acids is 1. The number of carbonyl (C=O) groups is 2. The topological polar surface area (TPSA) is 66.4 Å². The lowest BCUT2D eigenvalue weighted by Gasteiger charge is -2.28. The second-order valence-electron chi connectivity index (χ2n) is 5.11. The Morgan fingerprint density at radius 2 is 1.90 bits per heavy atom. The Bertz CT molecular complexity index is 539. The summed E-state index contributed by atoms with van der Waals surface area (Å²) in [6, 6.07) is 4.82. The Kier molecular flexibility index (Phi) is 4.55. The number of amides is 1. The van der Waals surface area contributed by atoms with Gasteiger partial charge in [-0.25, -0.2) is 0 Å². The van der Waals surface area contributed by atoms with Crippen molar-refractivity contribution in [3.05, 3.63) is 33.8 Å². The zero-order valence-electron chi connectivity index (χ0n) is 10.8. The molecule has 1 fully saturated rings. The van der Waals surface area contributed by atoms with E-state index in [2.05, 4.69) is 5.32 Å². The van der Waals surface area contributed by atoms with Gasteiger partial charge in [0.05, 0.1) is 27.6 Å². The molecule has 6 heteroatoms. The van der Waals surface area contributed by atoms with Gasteiger partial charge in [-0.15, -0.1) is 0 Å². The van der Waals surface area contributed by atoms with Crippen LogP contribution in [0.15, 0.2) is 18.2 Å². The summed E-state index contributed by atoms with van der Waals surface area (Å²) in [5.41, 5.74) is -0.398. The molecule has 0 atom stereocenters. The molecule has 4 nitrogen and oxygen atoms in total. The quantitative estimate of drug-likeness (QED) is 0.893.